The Morgan fingerprint density at radius 2 is 1.95 bits per heavy atom. The van der Waals surface area contributed by atoms with Gasteiger partial charge in [-0.1, -0.05) is 0 Å². The normalized spacial score (nSPS) is 11.3. The van der Waals surface area contributed by atoms with Crippen molar-refractivity contribution in [2.75, 3.05) is 5.32 Å². The molecule has 2 aromatic rings. The smallest absolute Gasteiger partial charge is 0.282 e. The lowest BCUT2D eigenvalue weighted by molar-refractivity contribution is -0.114. The zero-order valence-electron chi connectivity index (χ0n) is 9.87. The summed E-state index contributed by atoms with van der Waals surface area (Å²) in [5.74, 6) is -0.216. The van der Waals surface area contributed by atoms with E-state index in [2.05, 4.69) is 26.3 Å². The third kappa shape index (κ3) is 3.02. The van der Waals surface area contributed by atoms with Crippen LogP contribution in [-0.2, 0) is 14.8 Å². The van der Waals surface area contributed by atoms with Gasteiger partial charge in [-0.15, -0.1) is 0 Å². The molecule has 0 saturated carbocycles. The first-order valence-electron chi connectivity index (χ1n) is 5.23. The van der Waals surface area contributed by atoms with Gasteiger partial charge in [-0.25, -0.2) is 0 Å². The molecule has 0 bridgehead atoms. The summed E-state index contributed by atoms with van der Waals surface area (Å²) >= 11 is 3.14. The number of rotatable bonds is 3. The molecule has 0 saturated heterocycles. The van der Waals surface area contributed by atoms with Crippen LogP contribution in [0.3, 0.4) is 0 Å². The molecule has 1 amide bonds. The second-order valence-electron chi connectivity index (χ2n) is 3.74. The van der Waals surface area contributed by atoms with E-state index >= 15 is 0 Å². The minimum Gasteiger partial charge on any atom is -0.326 e. The molecule has 0 unspecified atom stereocenters. The first kappa shape index (κ1) is 13.8. The lowest BCUT2D eigenvalue weighted by Crippen LogP contribution is -2.13. The number of hydrogen-bond acceptors (Lipinski definition) is 4. The van der Waals surface area contributed by atoms with Crippen LogP contribution in [0.2, 0.25) is 0 Å². The fourth-order valence-corrected chi connectivity index (χ4v) is 2.98. The van der Waals surface area contributed by atoms with Crippen molar-refractivity contribution in [1.29, 1.82) is 0 Å². The predicted molar refractivity (Wildman–Crippen MR) is 73.3 cm³/mol. The molecule has 1 N–H and O–H groups in total. The maximum atomic E-state index is 12.2. The maximum absolute atomic E-state index is 12.2. The van der Waals surface area contributed by atoms with Crippen LogP contribution in [0.1, 0.15) is 6.92 Å². The minimum absolute atomic E-state index is 0.0946. The highest BCUT2D eigenvalue weighted by Gasteiger charge is 2.17. The number of aromatic nitrogens is 2. The summed E-state index contributed by atoms with van der Waals surface area (Å²) in [6, 6.07) is 5.87. The molecule has 1 aromatic heterocycles. The van der Waals surface area contributed by atoms with Crippen LogP contribution in [0.5, 0.6) is 0 Å². The highest BCUT2D eigenvalue weighted by Crippen LogP contribution is 2.18. The van der Waals surface area contributed by atoms with Gasteiger partial charge in [0.1, 0.15) is 0 Å². The van der Waals surface area contributed by atoms with Crippen LogP contribution in [0.15, 0.2) is 46.0 Å². The fraction of sp³-hybridized carbons (Fsp3) is 0.0909. The van der Waals surface area contributed by atoms with Gasteiger partial charge >= 0.3 is 0 Å². The standard InChI is InChI=1S/C11H10BrN3O3S/c1-8(16)14-10-2-4-11(5-3-10)19(17,18)15-7-9(12)6-13-15/h2-7H,1H3,(H,14,16). The van der Waals surface area contributed by atoms with E-state index in [1.807, 2.05) is 0 Å². The molecule has 0 aliphatic carbocycles. The highest BCUT2D eigenvalue weighted by molar-refractivity contribution is 9.10. The number of carbonyl (C=O) groups excluding carboxylic acids is 1. The number of carbonyl (C=O) groups is 1. The average Bonchev–Trinajstić information content (AvgIpc) is 2.76. The van der Waals surface area contributed by atoms with Crippen molar-refractivity contribution in [3.8, 4) is 0 Å². The number of nitrogens with zero attached hydrogens (tertiary/aromatic N) is 2. The van der Waals surface area contributed by atoms with Crippen LogP contribution < -0.4 is 5.32 Å². The summed E-state index contributed by atoms with van der Waals surface area (Å²) in [5, 5.41) is 6.31. The van der Waals surface area contributed by atoms with Gasteiger partial charge in [0.25, 0.3) is 10.0 Å². The second kappa shape index (κ2) is 5.14. The van der Waals surface area contributed by atoms with Crippen LogP contribution in [0, 0.1) is 0 Å². The van der Waals surface area contributed by atoms with Crippen molar-refractivity contribution in [3.63, 3.8) is 0 Å². The van der Waals surface area contributed by atoms with E-state index in [1.54, 1.807) is 0 Å². The fourth-order valence-electron chi connectivity index (χ4n) is 1.44. The number of hydrogen-bond donors (Lipinski definition) is 1. The Morgan fingerprint density at radius 3 is 2.42 bits per heavy atom. The van der Waals surface area contributed by atoms with Crippen molar-refractivity contribution in [1.82, 2.24) is 9.19 Å². The quantitative estimate of drug-likeness (QED) is 0.921. The van der Waals surface area contributed by atoms with Crippen molar-refractivity contribution in [2.45, 2.75) is 11.8 Å². The third-order valence-electron chi connectivity index (χ3n) is 2.25. The molecule has 1 aromatic carbocycles. The van der Waals surface area contributed by atoms with Crippen LogP contribution >= 0.6 is 15.9 Å². The molecule has 0 atom stereocenters. The van der Waals surface area contributed by atoms with Crippen molar-refractivity contribution in [3.05, 3.63) is 41.1 Å². The molecule has 0 radical (unpaired) electrons. The average molecular weight is 344 g/mol. The Bertz CT molecular complexity index is 707. The number of amides is 1. The zero-order valence-corrected chi connectivity index (χ0v) is 12.3. The van der Waals surface area contributed by atoms with Crippen LogP contribution in [0.25, 0.3) is 0 Å². The van der Waals surface area contributed by atoms with Crippen LogP contribution in [-0.4, -0.2) is 23.5 Å². The van der Waals surface area contributed by atoms with Gasteiger partial charge in [0.2, 0.25) is 5.91 Å². The lowest BCUT2D eigenvalue weighted by atomic mass is 10.3. The molecular weight excluding hydrogens is 334 g/mol. The predicted octanol–water partition coefficient (Wildman–Crippen LogP) is 1.84. The molecule has 0 spiro atoms. The number of nitrogens with one attached hydrogen (secondary N) is 1. The molecule has 0 aliphatic heterocycles. The van der Waals surface area contributed by atoms with Crippen LogP contribution in [0.4, 0.5) is 5.69 Å². The zero-order chi connectivity index (χ0) is 14.0. The number of anilines is 1. The van der Waals surface area contributed by atoms with Gasteiger partial charge in [0.15, 0.2) is 0 Å². The van der Waals surface area contributed by atoms with E-state index in [-0.39, 0.29) is 10.8 Å². The van der Waals surface area contributed by atoms with Crippen molar-refractivity contribution >= 4 is 37.5 Å². The van der Waals surface area contributed by atoms with Gasteiger partial charge in [0.05, 0.1) is 21.8 Å². The molecule has 2 rings (SSSR count). The second-order valence-corrected chi connectivity index (χ2v) is 6.45. The summed E-state index contributed by atoms with van der Waals surface area (Å²) in [7, 11) is -3.70. The first-order valence-corrected chi connectivity index (χ1v) is 7.46. The van der Waals surface area contributed by atoms with Gasteiger partial charge in [-0.05, 0) is 40.2 Å². The van der Waals surface area contributed by atoms with E-state index in [4.69, 9.17) is 0 Å². The third-order valence-corrected chi connectivity index (χ3v) is 4.22. The Morgan fingerprint density at radius 1 is 1.32 bits per heavy atom. The minimum atomic E-state index is -3.70. The molecule has 1 heterocycles. The Labute approximate surface area is 118 Å². The Balaban J connectivity index is 2.34. The summed E-state index contributed by atoms with van der Waals surface area (Å²) in [6.45, 7) is 1.38. The largest absolute Gasteiger partial charge is 0.326 e. The molecule has 19 heavy (non-hydrogen) atoms. The monoisotopic (exact) mass is 343 g/mol. The Kier molecular flexibility index (Phi) is 3.72. The molecule has 0 fully saturated rings. The SMILES string of the molecule is CC(=O)Nc1ccc(S(=O)(=O)n2cc(Br)cn2)cc1. The highest BCUT2D eigenvalue weighted by atomic mass is 79.9. The van der Waals surface area contributed by atoms with E-state index in [0.717, 1.165) is 4.09 Å². The Hall–Kier alpha value is -1.67. The van der Waals surface area contributed by atoms with Gasteiger partial charge in [0, 0.05) is 12.6 Å². The lowest BCUT2D eigenvalue weighted by Gasteiger charge is -2.06. The summed E-state index contributed by atoms with van der Waals surface area (Å²) in [6.07, 6.45) is 2.75. The number of benzene rings is 1. The molecule has 0 aliphatic rings. The van der Waals surface area contributed by atoms with Gasteiger partial charge < -0.3 is 5.32 Å². The van der Waals surface area contributed by atoms with E-state index in [1.165, 1.54) is 43.6 Å². The van der Waals surface area contributed by atoms with Crippen molar-refractivity contribution in [2.24, 2.45) is 0 Å². The van der Waals surface area contributed by atoms with Gasteiger partial charge in [-0.2, -0.15) is 17.6 Å². The molecule has 6 nitrogen and oxygen atoms in total. The molecule has 8 heteroatoms. The number of halogens is 1. The topological polar surface area (TPSA) is 81.1 Å². The van der Waals surface area contributed by atoms with Gasteiger partial charge in [-0.3, -0.25) is 4.79 Å². The summed E-state index contributed by atoms with van der Waals surface area (Å²) in [5.41, 5.74) is 0.535. The van der Waals surface area contributed by atoms with E-state index in [9.17, 15) is 13.2 Å². The molecular formula is C11H10BrN3O3S. The first-order chi connectivity index (χ1) is 8.89. The van der Waals surface area contributed by atoms with E-state index in [0.29, 0.717) is 10.2 Å². The maximum Gasteiger partial charge on any atom is 0.282 e. The van der Waals surface area contributed by atoms with E-state index < -0.39 is 10.0 Å². The van der Waals surface area contributed by atoms with Crippen molar-refractivity contribution < 1.29 is 13.2 Å². The molecule has 100 valence electrons. The summed E-state index contributed by atoms with van der Waals surface area (Å²) < 4.78 is 25.8. The summed E-state index contributed by atoms with van der Waals surface area (Å²) in [4.78, 5) is 11.0.